The van der Waals surface area contributed by atoms with E-state index in [0.717, 1.165) is 45.3 Å². The van der Waals surface area contributed by atoms with Crippen molar-refractivity contribution in [2.45, 2.75) is 46.0 Å². The molecule has 0 atom stereocenters. The Labute approximate surface area is 116 Å². The number of unbranched alkanes of at least 4 members (excludes halogenated alkanes) is 2. The summed E-state index contributed by atoms with van der Waals surface area (Å²) >= 11 is 0. The van der Waals surface area contributed by atoms with Gasteiger partial charge in [0.1, 0.15) is 0 Å². The Morgan fingerprint density at radius 1 is 1.05 bits per heavy atom. The Morgan fingerprint density at radius 2 is 1.58 bits per heavy atom. The van der Waals surface area contributed by atoms with E-state index >= 15 is 0 Å². The largest absolute Gasteiger partial charge is 0.358 e. The second kappa shape index (κ2) is 13.2. The molecule has 19 heavy (non-hydrogen) atoms. The standard InChI is InChI=1S/C13H24N2O3.CH3/c1-3-5-8-15(9-6-4-2)10-7-12(17)14-13(18)11-16;/h11H,3-10H2,1-2H3,(H,14,17,18);1H3/q;-1/p+1. The maximum absolute atomic E-state index is 11.4. The Balaban J connectivity index is 0. The predicted molar refractivity (Wildman–Crippen MR) is 75.6 cm³/mol. The molecule has 0 aromatic carbocycles. The molecule has 0 aliphatic carbocycles. The molecule has 0 aliphatic heterocycles. The first-order chi connectivity index (χ1) is 8.63. The molecule has 0 aromatic heterocycles. The average molecular weight is 272 g/mol. The van der Waals surface area contributed by atoms with E-state index in [0.29, 0.717) is 6.42 Å². The third-order valence-electron chi connectivity index (χ3n) is 2.84. The summed E-state index contributed by atoms with van der Waals surface area (Å²) in [6, 6.07) is 0. The zero-order chi connectivity index (χ0) is 13.8. The Morgan fingerprint density at radius 3 is 2.00 bits per heavy atom. The number of hydrogen-bond donors (Lipinski definition) is 2. The molecule has 0 rings (SSSR count). The summed E-state index contributed by atoms with van der Waals surface area (Å²) in [5.41, 5.74) is 0. The molecule has 0 heterocycles. The lowest BCUT2D eigenvalue weighted by molar-refractivity contribution is -0.900. The lowest BCUT2D eigenvalue weighted by Gasteiger charge is -2.18. The summed E-state index contributed by atoms with van der Waals surface area (Å²) in [7, 11) is 0. The number of imide groups is 1. The summed E-state index contributed by atoms with van der Waals surface area (Å²) in [5, 5.41) is 2.04. The van der Waals surface area contributed by atoms with Gasteiger partial charge in [-0.25, -0.2) is 0 Å². The first kappa shape index (κ1) is 20.1. The van der Waals surface area contributed by atoms with Crippen LogP contribution in [-0.2, 0) is 14.4 Å². The lowest BCUT2D eigenvalue weighted by atomic mass is 10.2. The van der Waals surface area contributed by atoms with E-state index in [2.05, 4.69) is 13.8 Å². The Bertz CT molecular complexity index is 259. The molecule has 0 saturated heterocycles. The first-order valence-electron chi connectivity index (χ1n) is 6.76. The van der Waals surface area contributed by atoms with Crippen molar-refractivity contribution in [1.29, 1.82) is 0 Å². The van der Waals surface area contributed by atoms with Gasteiger partial charge in [0, 0.05) is 0 Å². The SMILES string of the molecule is CCCC[NH+](CCCC)CCC(=O)NC(=O)C=O.[CH3-]. The number of aldehydes is 1. The highest BCUT2D eigenvalue weighted by atomic mass is 16.2. The van der Waals surface area contributed by atoms with Crippen molar-refractivity contribution in [1.82, 2.24) is 5.32 Å². The zero-order valence-electron chi connectivity index (χ0n) is 12.5. The minimum atomic E-state index is -0.858. The van der Waals surface area contributed by atoms with Crippen LogP contribution >= 0.6 is 0 Å². The molecule has 5 nitrogen and oxygen atoms in total. The molecule has 2 N–H and O–H groups in total. The lowest BCUT2D eigenvalue weighted by Crippen LogP contribution is -3.12. The fourth-order valence-corrected chi connectivity index (χ4v) is 1.75. The van der Waals surface area contributed by atoms with Crippen molar-refractivity contribution < 1.29 is 19.3 Å². The van der Waals surface area contributed by atoms with Crippen molar-refractivity contribution in [3.63, 3.8) is 0 Å². The van der Waals surface area contributed by atoms with Gasteiger partial charge in [-0.05, 0) is 12.8 Å². The second-order valence-electron chi connectivity index (χ2n) is 4.49. The third-order valence-corrected chi connectivity index (χ3v) is 2.84. The fraction of sp³-hybridized carbons (Fsp3) is 0.714. The van der Waals surface area contributed by atoms with Crippen molar-refractivity contribution >= 4 is 18.1 Å². The quantitative estimate of drug-likeness (QED) is 0.338. The maximum atomic E-state index is 11.4. The van der Waals surface area contributed by atoms with E-state index in [1.54, 1.807) is 0 Å². The summed E-state index contributed by atoms with van der Waals surface area (Å²) in [6.45, 7) is 7.13. The summed E-state index contributed by atoms with van der Waals surface area (Å²) in [6.07, 6.45) is 5.00. The normalized spacial score (nSPS) is 9.84. The summed E-state index contributed by atoms with van der Waals surface area (Å²) in [4.78, 5) is 33.6. The van der Waals surface area contributed by atoms with Crippen LogP contribution < -0.4 is 10.2 Å². The van der Waals surface area contributed by atoms with E-state index in [-0.39, 0.29) is 19.6 Å². The van der Waals surface area contributed by atoms with Crippen molar-refractivity contribution in [2.75, 3.05) is 19.6 Å². The summed E-state index contributed by atoms with van der Waals surface area (Å²) < 4.78 is 0. The van der Waals surface area contributed by atoms with Gasteiger partial charge < -0.3 is 12.3 Å². The molecule has 5 heteroatoms. The monoisotopic (exact) mass is 272 g/mol. The number of hydrogen-bond acceptors (Lipinski definition) is 3. The predicted octanol–water partition coefficient (Wildman–Crippen LogP) is 0.154. The van der Waals surface area contributed by atoms with Crippen LogP contribution in [0.4, 0.5) is 0 Å². The highest BCUT2D eigenvalue weighted by Gasteiger charge is 2.12. The molecule has 0 unspecified atom stereocenters. The van der Waals surface area contributed by atoms with Gasteiger partial charge in [-0.15, -0.1) is 0 Å². The average Bonchev–Trinajstić information content (AvgIpc) is 2.37. The number of amides is 2. The van der Waals surface area contributed by atoms with Crippen LogP contribution in [0, 0.1) is 7.43 Å². The second-order valence-corrected chi connectivity index (χ2v) is 4.49. The highest BCUT2D eigenvalue weighted by molar-refractivity contribution is 6.27. The highest BCUT2D eigenvalue weighted by Crippen LogP contribution is 1.84. The van der Waals surface area contributed by atoms with Crippen LogP contribution in [0.5, 0.6) is 0 Å². The van der Waals surface area contributed by atoms with Crippen LogP contribution in [0.1, 0.15) is 46.0 Å². The molecule has 0 saturated carbocycles. The minimum Gasteiger partial charge on any atom is -0.358 e. The van der Waals surface area contributed by atoms with Crippen LogP contribution in [0.3, 0.4) is 0 Å². The first-order valence-corrected chi connectivity index (χ1v) is 6.76. The van der Waals surface area contributed by atoms with Gasteiger partial charge in [0.15, 0.2) is 0 Å². The third kappa shape index (κ3) is 11.6. The number of rotatable bonds is 10. The fourth-order valence-electron chi connectivity index (χ4n) is 1.75. The number of carbonyl (C=O) groups excluding carboxylic acids is 3. The molecule has 0 aliphatic rings. The number of carbonyl (C=O) groups is 3. The molecule has 2 amide bonds. The van der Waals surface area contributed by atoms with Gasteiger partial charge >= 0.3 is 0 Å². The molecule has 0 fully saturated rings. The number of quaternary nitrogens is 1. The van der Waals surface area contributed by atoms with Crippen molar-refractivity contribution in [2.24, 2.45) is 0 Å². The molecular formula is C14H28N2O3. The summed E-state index contributed by atoms with van der Waals surface area (Å²) in [5.74, 6) is -1.22. The van der Waals surface area contributed by atoms with E-state index in [1.165, 1.54) is 4.90 Å². The van der Waals surface area contributed by atoms with Crippen LogP contribution in [0.25, 0.3) is 0 Å². The van der Waals surface area contributed by atoms with Crippen molar-refractivity contribution in [3.8, 4) is 0 Å². The van der Waals surface area contributed by atoms with E-state index in [1.807, 2.05) is 5.32 Å². The molecule has 112 valence electrons. The van der Waals surface area contributed by atoms with E-state index in [9.17, 15) is 14.4 Å². The molecule has 0 spiro atoms. The van der Waals surface area contributed by atoms with Crippen LogP contribution in [0.15, 0.2) is 0 Å². The Kier molecular flexibility index (Phi) is 14.0. The van der Waals surface area contributed by atoms with Gasteiger partial charge in [0.2, 0.25) is 12.2 Å². The Hall–Kier alpha value is -1.23. The number of nitrogens with one attached hydrogen (secondary N) is 2. The smallest absolute Gasteiger partial charge is 0.290 e. The van der Waals surface area contributed by atoms with Crippen molar-refractivity contribution in [3.05, 3.63) is 7.43 Å². The van der Waals surface area contributed by atoms with Gasteiger partial charge in [-0.3, -0.25) is 19.7 Å². The molecule has 0 bridgehead atoms. The topological polar surface area (TPSA) is 67.7 Å². The molecular weight excluding hydrogens is 244 g/mol. The zero-order valence-corrected chi connectivity index (χ0v) is 12.5. The van der Waals surface area contributed by atoms with Gasteiger partial charge in [0.05, 0.1) is 26.1 Å². The molecule has 0 aromatic rings. The van der Waals surface area contributed by atoms with Gasteiger partial charge in [-0.2, -0.15) is 0 Å². The minimum absolute atomic E-state index is 0. The van der Waals surface area contributed by atoms with Gasteiger partial charge in [0.25, 0.3) is 5.91 Å². The van der Waals surface area contributed by atoms with E-state index < -0.39 is 5.91 Å². The molecule has 0 radical (unpaired) electrons. The van der Waals surface area contributed by atoms with Crippen LogP contribution in [0.2, 0.25) is 0 Å². The maximum Gasteiger partial charge on any atom is 0.290 e. The van der Waals surface area contributed by atoms with E-state index in [4.69, 9.17) is 0 Å². The van der Waals surface area contributed by atoms with Crippen LogP contribution in [-0.4, -0.2) is 37.7 Å². The van der Waals surface area contributed by atoms with Gasteiger partial charge in [-0.1, -0.05) is 26.7 Å².